The molecule has 18 heavy (non-hydrogen) atoms. The van der Waals surface area contributed by atoms with Crippen molar-refractivity contribution < 1.29 is 8.42 Å². The Morgan fingerprint density at radius 1 is 0.833 bits per heavy atom. The van der Waals surface area contributed by atoms with Crippen molar-refractivity contribution in [1.29, 1.82) is 0 Å². The Hall–Kier alpha value is 0.700. The number of alkyl halides is 6. The molecule has 1 aromatic heterocycles. The van der Waals surface area contributed by atoms with E-state index in [-0.39, 0.29) is 0 Å². The van der Waals surface area contributed by atoms with E-state index in [1.807, 2.05) is 0 Å². The lowest BCUT2D eigenvalue weighted by Crippen LogP contribution is -2.19. The molecule has 0 N–H and O–H groups in total. The van der Waals surface area contributed by atoms with Gasteiger partial charge in [0.05, 0.1) is 0 Å². The Morgan fingerprint density at radius 3 is 1.39 bits per heavy atom. The van der Waals surface area contributed by atoms with Gasteiger partial charge in [0.15, 0.2) is 11.6 Å². The first-order valence-electron chi connectivity index (χ1n) is 3.92. The summed E-state index contributed by atoms with van der Waals surface area (Å²) in [6.07, 6.45) is 0.854. The molecule has 1 aromatic rings. The molecule has 0 saturated heterocycles. The van der Waals surface area contributed by atoms with E-state index in [1.54, 1.807) is 0 Å². The topological polar surface area (TPSA) is 72.8 Å². The number of rotatable bonds is 1. The van der Waals surface area contributed by atoms with Gasteiger partial charge in [0.25, 0.3) is 5.16 Å². The molecule has 0 aliphatic heterocycles. The van der Waals surface area contributed by atoms with E-state index < -0.39 is 34.2 Å². The van der Waals surface area contributed by atoms with Crippen LogP contribution in [-0.2, 0) is 17.4 Å². The van der Waals surface area contributed by atoms with Crippen LogP contribution in [-0.4, -0.2) is 29.6 Å². The molecule has 1 rings (SSSR count). The van der Waals surface area contributed by atoms with Crippen LogP contribution >= 0.6 is 69.6 Å². The van der Waals surface area contributed by atoms with Crippen molar-refractivity contribution >= 4 is 79.4 Å². The Labute approximate surface area is 133 Å². The van der Waals surface area contributed by atoms with Crippen LogP contribution in [0.4, 0.5) is 0 Å². The quantitative estimate of drug-likeness (QED) is 0.686. The van der Waals surface area contributed by atoms with Crippen molar-refractivity contribution in [2.45, 2.75) is 12.7 Å². The van der Waals surface area contributed by atoms with Gasteiger partial charge < -0.3 is 0 Å². The molecule has 0 fully saturated rings. The standard InChI is InChI=1S/C6H3Cl6N3O2S/c1-18(16,17)4-14-2(5(7,8)9)13-3(15-4)6(10,11)12/h1H3. The monoisotopic (exact) mass is 391 g/mol. The third kappa shape index (κ3) is 4.37. The van der Waals surface area contributed by atoms with Gasteiger partial charge in [0.2, 0.25) is 17.4 Å². The number of halogens is 6. The molecule has 12 heteroatoms. The van der Waals surface area contributed by atoms with E-state index >= 15 is 0 Å². The number of hydrogen-bond donors (Lipinski definition) is 0. The van der Waals surface area contributed by atoms with Gasteiger partial charge in [-0.15, -0.1) is 0 Å². The van der Waals surface area contributed by atoms with E-state index in [1.165, 1.54) is 0 Å². The van der Waals surface area contributed by atoms with Crippen molar-refractivity contribution in [1.82, 2.24) is 15.0 Å². The zero-order valence-corrected chi connectivity index (χ0v) is 13.7. The SMILES string of the molecule is CS(=O)(=O)c1nc(C(Cl)(Cl)Cl)nc(C(Cl)(Cl)Cl)n1. The first-order valence-corrected chi connectivity index (χ1v) is 8.08. The van der Waals surface area contributed by atoms with Crippen LogP contribution in [0, 0.1) is 0 Å². The summed E-state index contributed by atoms with van der Waals surface area (Å²) in [7, 11) is -3.78. The second-order valence-corrected chi connectivity index (χ2v) is 9.50. The van der Waals surface area contributed by atoms with Gasteiger partial charge in [-0.2, -0.15) is 9.97 Å². The van der Waals surface area contributed by atoms with E-state index in [0.717, 1.165) is 6.26 Å². The highest BCUT2D eigenvalue weighted by Gasteiger charge is 2.35. The molecule has 0 atom stereocenters. The van der Waals surface area contributed by atoms with Gasteiger partial charge >= 0.3 is 0 Å². The Morgan fingerprint density at radius 2 is 1.17 bits per heavy atom. The van der Waals surface area contributed by atoms with E-state index in [4.69, 9.17) is 69.6 Å². The highest BCUT2D eigenvalue weighted by atomic mass is 35.6. The molecule has 0 radical (unpaired) electrons. The van der Waals surface area contributed by atoms with E-state index in [0.29, 0.717) is 0 Å². The van der Waals surface area contributed by atoms with Gasteiger partial charge in [-0.1, -0.05) is 69.6 Å². The summed E-state index contributed by atoms with van der Waals surface area (Å²) in [6, 6.07) is 0. The third-order valence-corrected chi connectivity index (χ3v) is 3.31. The van der Waals surface area contributed by atoms with Crippen LogP contribution in [0.5, 0.6) is 0 Å². The predicted octanol–water partition coefficient (Wildman–Crippen LogP) is 2.93. The zero-order chi connectivity index (χ0) is 14.4. The third-order valence-electron chi connectivity index (χ3n) is 1.45. The van der Waals surface area contributed by atoms with Crippen LogP contribution in [0.25, 0.3) is 0 Å². The number of nitrogens with zero attached hydrogens (tertiary/aromatic N) is 3. The fourth-order valence-electron chi connectivity index (χ4n) is 0.776. The molecule has 5 nitrogen and oxygen atoms in total. The van der Waals surface area contributed by atoms with E-state index in [2.05, 4.69) is 15.0 Å². The summed E-state index contributed by atoms with van der Waals surface area (Å²) in [5, 5.41) is -0.653. The molecule has 0 aliphatic carbocycles. The lowest BCUT2D eigenvalue weighted by atomic mass is 10.6. The Kier molecular flexibility index (Phi) is 4.87. The molecule has 0 saturated carbocycles. The van der Waals surface area contributed by atoms with Crippen LogP contribution in [0.3, 0.4) is 0 Å². The molecule has 0 aliphatic rings. The lowest BCUT2D eigenvalue weighted by Gasteiger charge is -2.14. The lowest BCUT2D eigenvalue weighted by molar-refractivity contribution is 0.587. The molecule has 0 aromatic carbocycles. The second kappa shape index (κ2) is 5.24. The minimum Gasteiger partial charge on any atom is -0.221 e. The highest BCUT2D eigenvalue weighted by molar-refractivity contribution is 7.90. The van der Waals surface area contributed by atoms with Crippen molar-refractivity contribution in [3.05, 3.63) is 11.6 Å². The maximum Gasteiger partial charge on any atom is 0.250 e. The molecular weight excluding hydrogens is 391 g/mol. The van der Waals surface area contributed by atoms with Crippen molar-refractivity contribution in [3.8, 4) is 0 Å². The Balaban J connectivity index is 3.60. The number of hydrogen-bond acceptors (Lipinski definition) is 5. The van der Waals surface area contributed by atoms with Gasteiger partial charge in [0.1, 0.15) is 0 Å². The van der Waals surface area contributed by atoms with Crippen LogP contribution in [0.1, 0.15) is 11.6 Å². The molecule has 102 valence electrons. The molecule has 0 amide bonds. The van der Waals surface area contributed by atoms with Gasteiger partial charge in [-0.25, -0.2) is 13.4 Å². The van der Waals surface area contributed by atoms with Crippen molar-refractivity contribution in [2.24, 2.45) is 0 Å². The number of aromatic nitrogens is 3. The molecule has 0 bridgehead atoms. The highest BCUT2D eigenvalue weighted by Crippen LogP contribution is 2.40. The Bertz CT molecular complexity index is 531. The van der Waals surface area contributed by atoms with Gasteiger partial charge in [-0.05, 0) is 0 Å². The molecular formula is C6H3Cl6N3O2S. The van der Waals surface area contributed by atoms with Gasteiger partial charge in [0, 0.05) is 6.26 Å². The summed E-state index contributed by atoms with van der Waals surface area (Å²) in [5.74, 6) is -0.909. The van der Waals surface area contributed by atoms with Crippen LogP contribution < -0.4 is 0 Å². The fourth-order valence-corrected chi connectivity index (χ4v) is 1.79. The number of sulfone groups is 1. The fraction of sp³-hybridized carbons (Fsp3) is 0.500. The first kappa shape index (κ1) is 16.8. The first-order chi connectivity index (χ1) is 7.82. The largest absolute Gasteiger partial charge is 0.250 e. The average molecular weight is 394 g/mol. The minimum atomic E-state index is -3.78. The predicted molar refractivity (Wildman–Crippen MR) is 71.4 cm³/mol. The van der Waals surface area contributed by atoms with Crippen LogP contribution in [0.15, 0.2) is 5.16 Å². The smallest absolute Gasteiger partial charge is 0.221 e. The van der Waals surface area contributed by atoms with Gasteiger partial charge in [-0.3, -0.25) is 0 Å². The normalized spacial score (nSPS) is 13.7. The van der Waals surface area contributed by atoms with Crippen molar-refractivity contribution in [2.75, 3.05) is 6.26 Å². The van der Waals surface area contributed by atoms with Crippen molar-refractivity contribution in [3.63, 3.8) is 0 Å². The average Bonchev–Trinajstić information content (AvgIpc) is 2.13. The second-order valence-electron chi connectivity index (χ2n) is 3.03. The summed E-state index contributed by atoms with van der Waals surface area (Å²) in [4.78, 5) is 10.6. The summed E-state index contributed by atoms with van der Waals surface area (Å²) in [6.45, 7) is 0. The summed E-state index contributed by atoms with van der Waals surface area (Å²) >= 11 is 33.3. The molecule has 1 heterocycles. The summed E-state index contributed by atoms with van der Waals surface area (Å²) in [5.41, 5.74) is 0. The van der Waals surface area contributed by atoms with E-state index in [9.17, 15) is 8.42 Å². The minimum absolute atomic E-state index is 0.454. The maximum absolute atomic E-state index is 11.4. The maximum atomic E-state index is 11.4. The summed E-state index contributed by atoms with van der Waals surface area (Å²) < 4.78 is 18.6. The molecule has 0 unspecified atom stereocenters. The molecule has 0 spiro atoms. The van der Waals surface area contributed by atoms with Crippen LogP contribution in [0.2, 0.25) is 0 Å². The zero-order valence-electron chi connectivity index (χ0n) is 8.33.